The normalized spacial score (nSPS) is 14.1. The first-order valence-corrected chi connectivity index (χ1v) is 11.8. The van der Waals surface area contributed by atoms with E-state index in [2.05, 4.69) is 16.0 Å². The van der Waals surface area contributed by atoms with Gasteiger partial charge in [-0.3, -0.25) is 24.0 Å². The quantitative estimate of drug-likeness (QED) is 0.132. The lowest BCUT2D eigenvalue weighted by Gasteiger charge is -2.25. The van der Waals surface area contributed by atoms with Gasteiger partial charge in [0.25, 0.3) is 0 Å². The lowest BCUT2D eigenvalue weighted by atomic mass is 10.0. The van der Waals surface area contributed by atoms with Crippen molar-refractivity contribution in [2.75, 3.05) is 0 Å². The van der Waals surface area contributed by atoms with Crippen molar-refractivity contribution in [3.63, 3.8) is 0 Å². The summed E-state index contributed by atoms with van der Waals surface area (Å²) < 4.78 is 0. The molecule has 13 nitrogen and oxygen atoms in total. The lowest BCUT2D eigenvalue weighted by molar-refractivity contribution is -0.142. The van der Waals surface area contributed by atoms with Gasteiger partial charge in [0.2, 0.25) is 29.5 Å². The Morgan fingerprint density at radius 3 is 1.59 bits per heavy atom. The molecule has 0 bridgehead atoms. The molecular weight excluding hydrogens is 484 g/mol. The molecule has 0 aliphatic rings. The Balaban J connectivity index is 3.07. The highest BCUT2D eigenvalue weighted by Gasteiger charge is 2.31. The van der Waals surface area contributed by atoms with Crippen LogP contribution in [0.1, 0.15) is 45.1 Å². The number of hydrogen-bond acceptors (Lipinski definition) is 7. The van der Waals surface area contributed by atoms with E-state index in [1.807, 2.05) is 0 Å². The predicted octanol–water partition coefficient (Wildman–Crippen LogP) is -1.72. The molecule has 204 valence electrons. The molecule has 0 aliphatic carbocycles. The fraction of sp³-hybridized carbons (Fsp3) is 0.500. The highest BCUT2D eigenvalue weighted by molar-refractivity contribution is 5.94. The molecule has 0 aromatic heterocycles. The van der Waals surface area contributed by atoms with Gasteiger partial charge in [-0.1, -0.05) is 44.2 Å². The minimum atomic E-state index is -1.36. The maximum absolute atomic E-state index is 13.0. The zero-order valence-electron chi connectivity index (χ0n) is 20.9. The van der Waals surface area contributed by atoms with Crippen LogP contribution in [0.5, 0.6) is 0 Å². The van der Waals surface area contributed by atoms with Gasteiger partial charge < -0.3 is 38.3 Å². The Kier molecular flexibility index (Phi) is 12.7. The molecule has 37 heavy (non-hydrogen) atoms. The van der Waals surface area contributed by atoms with Crippen molar-refractivity contribution in [1.29, 1.82) is 0 Å². The van der Waals surface area contributed by atoms with Crippen molar-refractivity contribution in [1.82, 2.24) is 16.0 Å². The Labute approximate surface area is 214 Å². The molecule has 0 radical (unpaired) electrons. The Morgan fingerprint density at radius 2 is 1.19 bits per heavy atom. The Morgan fingerprint density at radius 1 is 0.757 bits per heavy atom. The largest absolute Gasteiger partial charge is 0.480 e. The number of nitrogens with one attached hydrogen (secondary N) is 3. The molecule has 13 heteroatoms. The van der Waals surface area contributed by atoms with Gasteiger partial charge in [-0.05, 0) is 24.3 Å². The summed E-state index contributed by atoms with van der Waals surface area (Å²) in [5.41, 5.74) is 16.9. The highest BCUT2D eigenvalue weighted by atomic mass is 16.4. The molecule has 0 spiro atoms. The standard InChI is InChI=1S/C24H36N6O7/c1-13(2)20(27)23(35)29-16(9-11-19(26)32)21(33)28-15(8-10-18(25)31)22(34)30-17(24(36)37)12-14-6-4-3-5-7-14/h3-7,13,15-17,20H,8-12,27H2,1-2H3,(H2,25,31)(H2,26,32)(H,28,33)(H,29,35)(H,30,34)(H,36,37). The number of primary amides is 2. The Bertz CT molecular complexity index is 970. The number of amides is 5. The molecule has 0 aliphatic heterocycles. The maximum atomic E-state index is 13.0. The van der Waals surface area contributed by atoms with E-state index in [1.165, 1.54) is 0 Å². The van der Waals surface area contributed by atoms with Gasteiger partial charge in [-0.2, -0.15) is 0 Å². The van der Waals surface area contributed by atoms with E-state index in [4.69, 9.17) is 17.2 Å². The number of carbonyl (C=O) groups is 6. The van der Waals surface area contributed by atoms with Crippen LogP contribution in [-0.4, -0.2) is 64.8 Å². The topological polar surface area (TPSA) is 237 Å². The minimum Gasteiger partial charge on any atom is -0.480 e. The second-order valence-corrected chi connectivity index (χ2v) is 8.99. The van der Waals surface area contributed by atoms with Crippen molar-refractivity contribution in [3.8, 4) is 0 Å². The third kappa shape index (κ3) is 11.5. The zero-order valence-corrected chi connectivity index (χ0v) is 20.9. The van der Waals surface area contributed by atoms with E-state index in [0.29, 0.717) is 5.56 Å². The number of carboxylic acid groups (broad SMARTS) is 1. The first kappa shape index (κ1) is 31.0. The van der Waals surface area contributed by atoms with E-state index >= 15 is 0 Å². The average molecular weight is 521 g/mol. The number of benzene rings is 1. The lowest BCUT2D eigenvalue weighted by Crippen LogP contribution is -2.57. The van der Waals surface area contributed by atoms with Gasteiger partial charge in [0.1, 0.15) is 18.1 Å². The number of rotatable bonds is 16. The monoisotopic (exact) mass is 520 g/mol. The molecule has 4 atom stereocenters. The van der Waals surface area contributed by atoms with Crippen molar-refractivity contribution in [2.24, 2.45) is 23.1 Å². The van der Waals surface area contributed by atoms with Crippen LogP contribution < -0.4 is 33.2 Å². The summed E-state index contributed by atoms with van der Waals surface area (Å²) in [5.74, 6) is -5.35. The molecule has 5 amide bonds. The molecule has 0 heterocycles. The number of carboxylic acids is 1. The number of aliphatic carboxylic acids is 1. The van der Waals surface area contributed by atoms with E-state index < -0.39 is 59.7 Å². The summed E-state index contributed by atoms with van der Waals surface area (Å²) in [5, 5.41) is 16.8. The summed E-state index contributed by atoms with van der Waals surface area (Å²) >= 11 is 0. The van der Waals surface area contributed by atoms with Crippen LogP contribution in [0.4, 0.5) is 0 Å². The van der Waals surface area contributed by atoms with Crippen LogP contribution in [0, 0.1) is 5.92 Å². The van der Waals surface area contributed by atoms with Crippen LogP contribution in [0.3, 0.4) is 0 Å². The smallest absolute Gasteiger partial charge is 0.326 e. The summed E-state index contributed by atoms with van der Waals surface area (Å²) in [6, 6.07) is 3.70. The van der Waals surface area contributed by atoms with E-state index in [-0.39, 0.29) is 38.0 Å². The minimum absolute atomic E-state index is 0.0250. The van der Waals surface area contributed by atoms with Gasteiger partial charge in [0.05, 0.1) is 6.04 Å². The predicted molar refractivity (Wildman–Crippen MR) is 133 cm³/mol. The fourth-order valence-electron chi connectivity index (χ4n) is 3.28. The van der Waals surface area contributed by atoms with Crippen LogP contribution in [0.15, 0.2) is 30.3 Å². The van der Waals surface area contributed by atoms with Crippen LogP contribution in [0.25, 0.3) is 0 Å². The zero-order chi connectivity index (χ0) is 28.1. The van der Waals surface area contributed by atoms with Crippen molar-refractivity contribution >= 4 is 35.5 Å². The summed E-state index contributed by atoms with van der Waals surface area (Å²) in [4.78, 5) is 72.8. The molecule has 0 saturated carbocycles. The first-order chi connectivity index (χ1) is 17.3. The van der Waals surface area contributed by atoms with Crippen molar-refractivity contribution in [3.05, 3.63) is 35.9 Å². The maximum Gasteiger partial charge on any atom is 0.326 e. The molecule has 10 N–H and O–H groups in total. The van der Waals surface area contributed by atoms with Crippen LogP contribution in [-0.2, 0) is 35.2 Å². The molecule has 0 fully saturated rings. The van der Waals surface area contributed by atoms with Gasteiger partial charge in [0, 0.05) is 19.3 Å². The number of nitrogens with two attached hydrogens (primary N) is 3. The molecule has 4 unspecified atom stereocenters. The van der Waals surface area contributed by atoms with Gasteiger partial charge in [-0.15, -0.1) is 0 Å². The highest BCUT2D eigenvalue weighted by Crippen LogP contribution is 2.07. The molecule has 1 aromatic rings. The van der Waals surface area contributed by atoms with Gasteiger partial charge >= 0.3 is 5.97 Å². The first-order valence-electron chi connectivity index (χ1n) is 11.8. The average Bonchev–Trinajstić information content (AvgIpc) is 2.83. The molecular formula is C24H36N6O7. The van der Waals surface area contributed by atoms with Crippen LogP contribution in [0.2, 0.25) is 0 Å². The van der Waals surface area contributed by atoms with E-state index in [0.717, 1.165) is 0 Å². The second-order valence-electron chi connectivity index (χ2n) is 8.99. The van der Waals surface area contributed by atoms with Crippen molar-refractivity contribution in [2.45, 2.75) is 70.1 Å². The summed E-state index contributed by atoms with van der Waals surface area (Å²) in [7, 11) is 0. The number of hydrogen-bond donors (Lipinski definition) is 7. The molecule has 1 aromatic carbocycles. The molecule has 0 saturated heterocycles. The third-order valence-corrected chi connectivity index (χ3v) is 5.54. The van der Waals surface area contributed by atoms with Gasteiger partial charge in [-0.25, -0.2) is 4.79 Å². The number of carbonyl (C=O) groups excluding carboxylic acids is 5. The summed E-state index contributed by atoms with van der Waals surface area (Å²) in [6.45, 7) is 3.42. The third-order valence-electron chi connectivity index (χ3n) is 5.54. The summed E-state index contributed by atoms with van der Waals surface area (Å²) in [6.07, 6.45) is -0.958. The second kappa shape index (κ2) is 15.2. The van der Waals surface area contributed by atoms with Crippen LogP contribution >= 0.6 is 0 Å². The van der Waals surface area contributed by atoms with Crippen molar-refractivity contribution < 1.29 is 33.9 Å². The van der Waals surface area contributed by atoms with E-state index in [1.54, 1.807) is 44.2 Å². The van der Waals surface area contributed by atoms with Gasteiger partial charge in [0.15, 0.2) is 0 Å². The fourth-order valence-corrected chi connectivity index (χ4v) is 3.28. The SMILES string of the molecule is CC(C)C(N)C(=O)NC(CCC(N)=O)C(=O)NC(CCC(N)=O)C(=O)NC(Cc1ccccc1)C(=O)O. The Hall–Kier alpha value is -4.00. The van der Waals surface area contributed by atoms with E-state index in [9.17, 15) is 33.9 Å². The molecule has 1 rings (SSSR count).